The van der Waals surface area contributed by atoms with Gasteiger partial charge in [0.25, 0.3) is 0 Å². The minimum Gasteiger partial charge on any atom is -0.477 e. The number of nitrogens with one attached hydrogen (secondary N) is 1. The smallest absolute Gasteiger partial charge is 0.417 e. The van der Waals surface area contributed by atoms with Crippen LogP contribution in [0.1, 0.15) is 49.7 Å². The Kier molecular flexibility index (Phi) is 7.56. The maximum Gasteiger partial charge on any atom is 0.417 e. The lowest BCUT2D eigenvalue weighted by Gasteiger charge is -2.14. The highest BCUT2D eigenvalue weighted by molar-refractivity contribution is 5.97. The molecule has 0 spiro atoms. The molecule has 1 amide bonds. The predicted octanol–water partition coefficient (Wildman–Crippen LogP) is 6.01. The molecule has 2 aromatic carbocycles. The number of ether oxygens (including phenoxy) is 1. The van der Waals surface area contributed by atoms with E-state index in [4.69, 9.17) is 4.74 Å². The molecule has 170 valence electrons. The van der Waals surface area contributed by atoms with Gasteiger partial charge >= 0.3 is 12.1 Å². The Labute approximate surface area is 183 Å². The third kappa shape index (κ3) is 6.60. The van der Waals surface area contributed by atoms with Crippen LogP contribution in [0.2, 0.25) is 0 Å². The molecule has 0 unspecified atom stereocenters. The molecular weight excluding hydrogens is 423 g/mol. The lowest BCUT2D eigenvalue weighted by molar-refractivity contribution is -0.138. The molecule has 1 saturated carbocycles. The molecule has 0 saturated heterocycles. The second-order valence-corrected chi connectivity index (χ2v) is 7.76. The fourth-order valence-corrected chi connectivity index (χ4v) is 3.75. The molecule has 0 radical (unpaired) electrons. The van der Waals surface area contributed by atoms with Gasteiger partial charge in [-0.2, -0.15) is 13.2 Å². The summed E-state index contributed by atoms with van der Waals surface area (Å²) in [6, 6.07) is 11.6. The summed E-state index contributed by atoms with van der Waals surface area (Å²) in [7, 11) is 0. The summed E-state index contributed by atoms with van der Waals surface area (Å²) >= 11 is 0. The standard InChI is InChI=1S/C24H24F3NO4/c25-24(26,27)20-15-19(32-18-8-2-1-3-9-18)12-11-17(20)14-21(23(30)31)28-22(29)13-10-16-6-4-5-7-16/h1-3,8-9,11-12,14-16H,4-7,10,13H2,(H,28,29)(H,30,31). The van der Waals surface area contributed by atoms with Gasteiger partial charge in [0, 0.05) is 6.42 Å². The number of carbonyl (C=O) groups is 2. The number of hydrogen-bond acceptors (Lipinski definition) is 3. The van der Waals surface area contributed by atoms with E-state index in [1.54, 1.807) is 30.3 Å². The van der Waals surface area contributed by atoms with E-state index < -0.39 is 29.3 Å². The average Bonchev–Trinajstić information content (AvgIpc) is 3.26. The number of aliphatic carboxylic acids is 1. The van der Waals surface area contributed by atoms with Crippen LogP contribution in [-0.2, 0) is 15.8 Å². The van der Waals surface area contributed by atoms with Crippen LogP contribution in [0.25, 0.3) is 6.08 Å². The van der Waals surface area contributed by atoms with Crippen LogP contribution in [-0.4, -0.2) is 17.0 Å². The first kappa shape index (κ1) is 23.4. The van der Waals surface area contributed by atoms with Crippen LogP contribution >= 0.6 is 0 Å². The van der Waals surface area contributed by atoms with Gasteiger partial charge in [-0.25, -0.2) is 4.79 Å². The Hall–Kier alpha value is -3.29. The summed E-state index contributed by atoms with van der Waals surface area (Å²) in [6.45, 7) is 0. The third-order valence-electron chi connectivity index (χ3n) is 5.37. The van der Waals surface area contributed by atoms with Gasteiger partial charge < -0.3 is 15.2 Å². The Bertz CT molecular complexity index is 980. The van der Waals surface area contributed by atoms with Gasteiger partial charge in [-0.1, -0.05) is 49.9 Å². The molecule has 5 nitrogen and oxygen atoms in total. The second kappa shape index (κ2) is 10.3. The maximum atomic E-state index is 13.7. The van der Waals surface area contributed by atoms with E-state index in [9.17, 15) is 27.9 Å². The molecule has 0 aromatic heterocycles. The van der Waals surface area contributed by atoms with Gasteiger partial charge in [0.05, 0.1) is 5.56 Å². The molecule has 1 aliphatic carbocycles. The van der Waals surface area contributed by atoms with Gasteiger partial charge in [0.15, 0.2) is 0 Å². The van der Waals surface area contributed by atoms with Crippen molar-refractivity contribution in [2.24, 2.45) is 5.92 Å². The van der Waals surface area contributed by atoms with Crippen LogP contribution in [0.5, 0.6) is 11.5 Å². The largest absolute Gasteiger partial charge is 0.477 e. The average molecular weight is 447 g/mol. The Morgan fingerprint density at radius 1 is 1.06 bits per heavy atom. The monoisotopic (exact) mass is 447 g/mol. The lowest BCUT2D eigenvalue weighted by atomic mass is 10.0. The molecule has 1 fully saturated rings. The van der Waals surface area contributed by atoms with Crippen LogP contribution in [0, 0.1) is 5.92 Å². The summed E-state index contributed by atoms with van der Waals surface area (Å²) in [4.78, 5) is 23.8. The highest BCUT2D eigenvalue weighted by Gasteiger charge is 2.34. The van der Waals surface area contributed by atoms with E-state index in [0.717, 1.165) is 43.9 Å². The van der Waals surface area contributed by atoms with Gasteiger partial charge in [-0.3, -0.25) is 4.79 Å². The molecule has 2 aromatic rings. The number of halogens is 3. The SMILES string of the molecule is O=C(CCC1CCCC1)NC(=Cc1ccc(Oc2ccccc2)cc1C(F)(F)F)C(=O)O. The first-order valence-corrected chi connectivity index (χ1v) is 10.4. The number of hydrogen-bond donors (Lipinski definition) is 2. The van der Waals surface area contributed by atoms with E-state index in [1.807, 2.05) is 0 Å². The quantitative estimate of drug-likeness (QED) is 0.486. The Balaban J connectivity index is 1.80. The van der Waals surface area contributed by atoms with E-state index >= 15 is 0 Å². The molecule has 0 aliphatic heterocycles. The molecule has 1 aliphatic rings. The summed E-state index contributed by atoms with van der Waals surface area (Å²) < 4.78 is 46.4. The molecule has 0 bridgehead atoms. The normalized spacial score (nSPS) is 14.9. The van der Waals surface area contributed by atoms with Crippen molar-refractivity contribution in [3.8, 4) is 11.5 Å². The second-order valence-electron chi connectivity index (χ2n) is 7.76. The zero-order chi connectivity index (χ0) is 23.1. The van der Waals surface area contributed by atoms with Crippen molar-refractivity contribution in [3.05, 3.63) is 65.4 Å². The van der Waals surface area contributed by atoms with Gasteiger partial charge in [-0.15, -0.1) is 0 Å². The number of para-hydroxylation sites is 1. The number of benzene rings is 2. The van der Waals surface area contributed by atoms with Crippen molar-refractivity contribution in [2.45, 2.75) is 44.7 Å². The molecule has 3 rings (SSSR count). The van der Waals surface area contributed by atoms with Gasteiger partial charge in [-0.05, 0) is 48.2 Å². The van der Waals surface area contributed by atoms with E-state index in [2.05, 4.69) is 5.32 Å². The highest BCUT2D eigenvalue weighted by Crippen LogP contribution is 2.36. The number of alkyl halides is 3. The van der Waals surface area contributed by atoms with Gasteiger partial charge in [0.1, 0.15) is 17.2 Å². The summed E-state index contributed by atoms with van der Waals surface area (Å²) in [5, 5.41) is 11.7. The first-order valence-electron chi connectivity index (χ1n) is 10.4. The minimum atomic E-state index is -4.75. The van der Waals surface area contributed by atoms with Crippen molar-refractivity contribution < 1.29 is 32.6 Å². The highest BCUT2D eigenvalue weighted by atomic mass is 19.4. The Morgan fingerprint density at radius 2 is 1.75 bits per heavy atom. The molecule has 0 heterocycles. The fourth-order valence-electron chi connectivity index (χ4n) is 3.75. The zero-order valence-electron chi connectivity index (χ0n) is 17.3. The predicted molar refractivity (Wildman–Crippen MR) is 113 cm³/mol. The first-order chi connectivity index (χ1) is 15.2. The van der Waals surface area contributed by atoms with E-state index in [-0.39, 0.29) is 17.7 Å². The number of carboxylic acids is 1. The third-order valence-corrected chi connectivity index (χ3v) is 5.37. The lowest BCUT2D eigenvalue weighted by Crippen LogP contribution is -2.27. The maximum absolute atomic E-state index is 13.7. The van der Waals surface area contributed by atoms with E-state index in [0.29, 0.717) is 18.1 Å². The molecule has 8 heteroatoms. The van der Waals surface area contributed by atoms with Crippen molar-refractivity contribution in [2.75, 3.05) is 0 Å². The van der Waals surface area contributed by atoms with Gasteiger partial charge in [0.2, 0.25) is 5.91 Å². The van der Waals surface area contributed by atoms with Crippen LogP contribution in [0.4, 0.5) is 13.2 Å². The fraction of sp³-hybridized carbons (Fsp3) is 0.333. The van der Waals surface area contributed by atoms with Crippen molar-refractivity contribution >= 4 is 18.0 Å². The van der Waals surface area contributed by atoms with Crippen LogP contribution < -0.4 is 10.1 Å². The van der Waals surface area contributed by atoms with Crippen molar-refractivity contribution in [1.29, 1.82) is 0 Å². The molecular formula is C24H24F3NO4. The number of carboxylic acid groups (broad SMARTS) is 1. The Morgan fingerprint density at radius 3 is 2.38 bits per heavy atom. The number of rotatable bonds is 8. The van der Waals surface area contributed by atoms with E-state index in [1.165, 1.54) is 6.07 Å². The summed E-state index contributed by atoms with van der Waals surface area (Å²) in [5.74, 6) is -1.28. The summed E-state index contributed by atoms with van der Waals surface area (Å²) in [6.07, 6.45) is 1.17. The minimum absolute atomic E-state index is 0.0434. The number of amides is 1. The van der Waals surface area contributed by atoms with Crippen molar-refractivity contribution in [3.63, 3.8) is 0 Å². The van der Waals surface area contributed by atoms with Crippen LogP contribution in [0.15, 0.2) is 54.2 Å². The van der Waals surface area contributed by atoms with Crippen molar-refractivity contribution in [1.82, 2.24) is 5.32 Å². The molecule has 0 atom stereocenters. The number of carbonyl (C=O) groups excluding carboxylic acids is 1. The van der Waals surface area contributed by atoms with Crippen LogP contribution in [0.3, 0.4) is 0 Å². The zero-order valence-corrected chi connectivity index (χ0v) is 17.3. The summed E-state index contributed by atoms with van der Waals surface area (Å²) in [5.41, 5.74) is -2.06. The molecule has 32 heavy (non-hydrogen) atoms. The molecule has 2 N–H and O–H groups in total. The topological polar surface area (TPSA) is 75.6 Å².